The molecule has 0 radical (unpaired) electrons. The van der Waals surface area contributed by atoms with Gasteiger partial charge in [0.1, 0.15) is 0 Å². The summed E-state index contributed by atoms with van der Waals surface area (Å²) < 4.78 is 0. The van der Waals surface area contributed by atoms with Gasteiger partial charge in [0.2, 0.25) is 5.91 Å². The molecule has 0 bridgehead atoms. The first-order valence-corrected chi connectivity index (χ1v) is 5.79. The third-order valence-electron chi connectivity index (χ3n) is 2.65. The molecule has 1 aromatic rings. The molecule has 2 amide bonds. The number of amides is 2. The van der Waals surface area contributed by atoms with Crippen molar-refractivity contribution in [1.29, 1.82) is 0 Å². The van der Waals surface area contributed by atoms with E-state index in [1.165, 1.54) is 29.2 Å². The Labute approximate surface area is 110 Å². The highest BCUT2D eigenvalue weighted by molar-refractivity contribution is 5.97. The van der Waals surface area contributed by atoms with E-state index in [9.17, 15) is 14.4 Å². The third kappa shape index (κ3) is 4.42. The number of carbonyl (C=O) groups is 3. The maximum atomic E-state index is 12.0. The molecule has 19 heavy (non-hydrogen) atoms. The van der Waals surface area contributed by atoms with Crippen LogP contribution in [0.4, 0.5) is 0 Å². The van der Waals surface area contributed by atoms with E-state index in [1.54, 1.807) is 7.05 Å². The van der Waals surface area contributed by atoms with Crippen LogP contribution in [0.1, 0.15) is 33.6 Å². The lowest BCUT2D eigenvalue weighted by atomic mass is 10.1. The summed E-state index contributed by atoms with van der Waals surface area (Å²) in [6, 6.07) is 6.02. The van der Waals surface area contributed by atoms with Gasteiger partial charge in [0.05, 0.1) is 0 Å². The van der Waals surface area contributed by atoms with E-state index in [1.807, 2.05) is 0 Å². The number of aliphatic carboxylic acids is 1. The van der Waals surface area contributed by atoms with Gasteiger partial charge >= 0.3 is 5.97 Å². The molecule has 0 aliphatic rings. The molecule has 0 saturated carbocycles. The van der Waals surface area contributed by atoms with E-state index in [-0.39, 0.29) is 12.3 Å². The molecule has 3 N–H and O–H groups in total. The summed E-state index contributed by atoms with van der Waals surface area (Å²) in [7, 11) is 1.60. The Balaban J connectivity index is 2.61. The lowest BCUT2D eigenvalue weighted by Crippen LogP contribution is -2.28. The van der Waals surface area contributed by atoms with E-state index < -0.39 is 11.9 Å². The van der Waals surface area contributed by atoms with Crippen molar-refractivity contribution in [2.75, 3.05) is 13.6 Å². The summed E-state index contributed by atoms with van der Waals surface area (Å²) >= 11 is 0. The van der Waals surface area contributed by atoms with Crippen molar-refractivity contribution in [1.82, 2.24) is 4.90 Å². The van der Waals surface area contributed by atoms with Gasteiger partial charge in [-0.2, -0.15) is 0 Å². The predicted molar refractivity (Wildman–Crippen MR) is 68.8 cm³/mol. The number of carboxylic acids is 1. The number of nitrogens with two attached hydrogens (primary N) is 1. The minimum absolute atomic E-state index is 0.0260. The lowest BCUT2D eigenvalue weighted by Gasteiger charge is -2.16. The van der Waals surface area contributed by atoms with E-state index in [4.69, 9.17) is 10.8 Å². The van der Waals surface area contributed by atoms with Gasteiger partial charge in [0, 0.05) is 31.1 Å². The third-order valence-corrected chi connectivity index (χ3v) is 2.65. The zero-order valence-electron chi connectivity index (χ0n) is 10.6. The molecule has 0 saturated heterocycles. The first kappa shape index (κ1) is 14.7. The molecule has 1 aromatic carbocycles. The summed E-state index contributed by atoms with van der Waals surface area (Å²) in [4.78, 5) is 34.7. The average molecular weight is 264 g/mol. The van der Waals surface area contributed by atoms with Crippen molar-refractivity contribution < 1.29 is 19.5 Å². The quantitative estimate of drug-likeness (QED) is 0.790. The van der Waals surface area contributed by atoms with Crippen molar-refractivity contribution in [3.05, 3.63) is 35.4 Å². The van der Waals surface area contributed by atoms with Gasteiger partial charge in [-0.25, -0.2) is 0 Å². The molecule has 0 aliphatic carbocycles. The van der Waals surface area contributed by atoms with Gasteiger partial charge in [0.15, 0.2) is 0 Å². The van der Waals surface area contributed by atoms with Crippen LogP contribution >= 0.6 is 0 Å². The minimum Gasteiger partial charge on any atom is -0.481 e. The molecular formula is C13H16N2O4. The Kier molecular flexibility index (Phi) is 5.05. The largest absolute Gasteiger partial charge is 0.481 e. The number of nitrogens with zero attached hydrogens (tertiary/aromatic N) is 1. The number of rotatable bonds is 6. The van der Waals surface area contributed by atoms with Gasteiger partial charge in [-0.05, 0) is 30.7 Å². The van der Waals surface area contributed by atoms with Gasteiger partial charge in [-0.3, -0.25) is 14.4 Å². The maximum Gasteiger partial charge on any atom is 0.303 e. The van der Waals surface area contributed by atoms with Crippen LogP contribution in [-0.4, -0.2) is 41.4 Å². The summed E-state index contributed by atoms with van der Waals surface area (Å²) in [5, 5.41) is 8.52. The van der Waals surface area contributed by atoms with Crippen LogP contribution in [0.3, 0.4) is 0 Å². The molecule has 0 aromatic heterocycles. The fourth-order valence-corrected chi connectivity index (χ4v) is 1.57. The molecule has 102 valence electrons. The van der Waals surface area contributed by atoms with Crippen molar-refractivity contribution >= 4 is 17.8 Å². The molecule has 0 aliphatic heterocycles. The van der Waals surface area contributed by atoms with Crippen LogP contribution < -0.4 is 5.73 Å². The average Bonchev–Trinajstić information content (AvgIpc) is 2.37. The van der Waals surface area contributed by atoms with Gasteiger partial charge in [0.25, 0.3) is 5.91 Å². The number of hydrogen-bond acceptors (Lipinski definition) is 3. The molecule has 0 heterocycles. The van der Waals surface area contributed by atoms with Crippen molar-refractivity contribution in [3.63, 3.8) is 0 Å². The predicted octanol–water partition coefficient (Wildman–Crippen LogP) is 0.722. The lowest BCUT2D eigenvalue weighted by molar-refractivity contribution is -0.137. The highest BCUT2D eigenvalue weighted by Crippen LogP contribution is 2.07. The van der Waals surface area contributed by atoms with Crippen LogP contribution in [0.5, 0.6) is 0 Å². The van der Waals surface area contributed by atoms with Crippen LogP contribution in [0.25, 0.3) is 0 Å². The Morgan fingerprint density at radius 3 is 2.16 bits per heavy atom. The highest BCUT2D eigenvalue weighted by Gasteiger charge is 2.12. The second kappa shape index (κ2) is 6.53. The first-order chi connectivity index (χ1) is 8.91. The Morgan fingerprint density at radius 2 is 1.68 bits per heavy atom. The second-order valence-electron chi connectivity index (χ2n) is 4.17. The number of carbonyl (C=O) groups excluding carboxylic acids is 2. The van der Waals surface area contributed by atoms with E-state index in [0.717, 1.165) is 0 Å². The molecule has 0 fully saturated rings. The molecule has 6 nitrogen and oxygen atoms in total. The Morgan fingerprint density at radius 1 is 1.16 bits per heavy atom. The second-order valence-corrected chi connectivity index (χ2v) is 4.17. The summed E-state index contributed by atoms with van der Waals surface area (Å²) in [5.41, 5.74) is 5.88. The fraction of sp³-hybridized carbons (Fsp3) is 0.308. The SMILES string of the molecule is CN(CCCC(=O)O)C(=O)c1ccc(C(N)=O)cc1. The van der Waals surface area contributed by atoms with Gasteiger partial charge in [-0.15, -0.1) is 0 Å². The Bertz CT molecular complexity index is 482. The van der Waals surface area contributed by atoms with E-state index >= 15 is 0 Å². The highest BCUT2D eigenvalue weighted by atomic mass is 16.4. The van der Waals surface area contributed by atoms with Crippen molar-refractivity contribution in [2.45, 2.75) is 12.8 Å². The smallest absolute Gasteiger partial charge is 0.303 e. The van der Waals surface area contributed by atoms with Gasteiger partial charge < -0.3 is 15.7 Å². The summed E-state index contributed by atoms with van der Waals surface area (Å²) in [5.74, 6) is -1.65. The van der Waals surface area contributed by atoms with Crippen LogP contribution in [-0.2, 0) is 4.79 Å². The summed E-state index contributed by atoms with van der Waals surface area (Å²) in [6.07, 6.45) is 0.426. The normalized spacial score (nSPS) is 9.95. The minimum atomic E-state index is -0.883. The Hall–Kier alpha value is -2.37. The van der Waals surface area contributed by atoms with Crippen molar-refractivity contribution in [2.24, 2.45) is 5.73 Å². The van der Waals surface area contributed by atoms with E-state index in [2.05, 4.69) is 0 Å². The zero-order chi connectivity index (χ0) is 14.4. The molecule has 6 heteroatoms. The molecule has 0 atom stereocenters. The van der Waals surface area contributed by atoms with Crippen LogP contribution in [0.2, 0.25) is 0 Å². The molecular weight excluding hydrogens is 248 g/mol. The van der Waals surface area contributed by atoms with Crippen molar-refractivity contribution in [3.8, 4) is 0 Å². The number of carboxylic acid groups (broad SMARTS) is 1. The topological polar surface area (TPSA) is 101 Å². The zero-order valence-corrected chi connectivity index (χ0v) is 10.6. The van der Waals surface area contributed by atoms with E-state index in [0.29, 0.717) is 24.1 Å². The molecule has 0 spiro atoms. The van der Waals surface area contributed by atoms with Crippen LogP contribution in [0, 0.1) is 0 Å². The number of hydrogen-bond donors (Lipinski definition) is 2. The number of benzene rings is 1. The molecule has 0 unspecified atom stereocenters. The number of primary amides is 1. The molecule has 1 rings (SSSR count). The van der Waals surface area contributed by atoms with Gasteiger partial charge in [-0.1, -0.05) is 0 Å². The fourth-order valence-electron chi connectivity index (χ4n) is 1.57. The first-order valence-electron chi connectivity index (χ1n) is 5.79. The van der Waals surface area contributed by atoms with Crippen LogP contribution in [0.15, 0.2) is 24.3 Å². The standard InChI is InChI=1S/C13H16N2O4/c1-15(8-2-3-11(16)17)13(19)10-6-4-9(5-7-10)12(14)18/h4-7H,2-3,8H2,1H3,(H2,14,18)(H,16,17). The maximum absolute atomic E-state index is 12.0. The monoisotopic (exact) mass is 264 g/mol. The summed E-state index contributed by atoms with van der Waals surface area (Å²) in [6.45, 7) is 0.364.